The van der Waals surface area contributed by atoms with Gasteiger partial charge < -0.3 is 14.6 Å². The molecule has 0 spiro atoms. The Morgan fingerprint density at radius 1 is 1.29 bits per heavy atom. The molecule has 3 nitrogen and oxygen atoms in total. The number of rotatable bonds is 7. The summed E-state index contributed by atoms with van der Waals surface area (Å²) in [5, 5.41) is 4.18. The molecule has 114 valence electrons. The van der Waals surface area contributed by atoms with E-state index in [9.17, 15) is 0 Å². The summed E-state index contributed by atoms with van der Waals surface area (Å²) >= 11 is 6.49. The molecule has 0 aliphatic rings. The first-order valence-corrected chi connectivity index (χ1v) is 7.83. The van der Waals surface area contributed by atoms with Crippen molar-refractivity contribution in [3.63, 3.8) is 0 Å². The van der Waals surface area contributed by atoms with E-state index in [1.165, 1.54) is 5.56 Å². The van der Waals surface area contributed by atoms with Gasteiger partial charge in [-0.05, 0) is 50.2 Å². The average molecular weight is 307 g/mol. The average Bonchev–Trinajstić information content (AvgIpc) is 2.98. The minimum absolute atomic E-state index is 0.307. The molecule has 1 heterocycles. The number of hydrogen-bond acceptors (Lipinski definition) is 3. The van der Waals surface area contributed by atoms with Gasteiger partial charge in [-0.1, -0.05) is 24.6 Å². The summed E-state index contributed by atoms with van der Waals surface area (Å²) in [6, 6.07) is 10.5. The van der Waals surface area contributed by atoms with Crippen LogP contribution in [0.2, 0.25) is 5.02 Å². The van der Waals surface area contributed by atoms with Crippen LogP contribution in [0, 0.1) is 0 Å². The zero-order chi connectivity index (χ0) is 15.2. The van der Waals surface area contributed by atoms with Crippen molar-refractivity contribution >= 4 is 17.3 Å². The van der Waals surface area contributed by atoms with Crippen LogP contribution in [0.3, 0.4) is 0 Å². The first kappa shape index (κ1) is 15.9. The van der Waals surface area contributed by atoms with Crippen molar-refractivity contribution in [3.05, 3.63) is 52.9 Å². The summed E-state index contributed by atoms with van der Waals surface area (Å²) in [6.07, 6.45) is 1.70. The van der Waals surface area contributed by atoms with E-state index in [1.807, 2.05) is 12.1 Å². The van der Waals surface area contributed by atoms with Gasteiger partial charge in [0.2, 0.25) is 0 Å². The fourth-order valence-electron chi connectivity index (χ4n) is 2.43. The fraction of sp³-hybridized carbons (Fsp3) is 0.412. The van der Waals surface area contributed by atoms with Crippen LogP contribution < -0.4 is 10.2 Å². The minimum atomic E-state index is 0.307. The standard InChI is InChI=1S/C17H23ClN2O/c1-4-19-13(3)14-8-9-17(16(18)11-14)20(5-2)12-15-7-6-10-21-15/h6-11,13,19H,4-5,12H2,1-3H3. The lowest BCUT2D eigenvalue weighted by Crippen LogP contribution is -2.22. The highest BCUT2D eigenvalue weighted by atomic mass is 35.5. The topological polar surface area (TPSA) is 28.4 Å². The fourth-order valence-corrected chi connectivity index (χ4v) is 2.74. The maximum atomic E-state index is 6.49. The summed E-state index contributed by atoms with van der Waals surface area (Å²) in [7, 11) is 0. The Morgan fingerprint density at radius 3 is 2.67 bits per heavy atom. The number of halogens is 1. The smallest absolute Gasteiger partial charge is 0.123 e. The van der Waals surface area contributed by atoms with Gasteiger partial charge in [-0.25, -0.2) is 0 Å². The largest absolute Gasteiger partial charge is 0.467 e. The zero-order valence-corrected chi connectivity index (χ0v) is 13.7. The van der Waals surface area contributed by atoms with Gasteiger partial charge in [0.05, 0.1) is 23.5 Å². The third kappa shape index (κ3) is 4.02. The second kappa shape index (κ2) is 7.53. The highest BCUT2D eigenvalue weighted by Gasteiger charge is 2.13. The number of benzene rings is 1. The van der Waals surface area contributed by atoms with E-state index in [0.717, 1.165) is 36.1 Å². The van der Waals surface area contributed by atoms with E-state index < -0.39 is 0 Å². The van der Waals surface area contributed by atoms with Crippen LogP contribution in [-0.4, -0.2) is 13.1 Å². The van der Waals surface area contributed by atoms with Crippen LogP contribution >= 0.6 is 11.6 Å². The molecule has 1 N–H and O–H groups in total. The second-order valence-electron chi connectivity index (χ2n) is 5.08. The molecule has 1 atom stereocenters. The number of anilines is 1. The lowest BCUT2D eigenvalue weighted by molar-refractivity contribution is 0.503. The number of furan rings is 1. The molecule has 0 saturated heterocycles. The number of nitrogens with one attached hydrogen (secondary N) is 1. The molecule has 2 aromatic rings. The van der Waals surface area contributed by atoms with E-state index >= 15 is 0 Å². The predicted octanol–water partition coefficient (Wildman–Crippen LogP) is 4.63. The molecule has 0 radical (unpaired) electrons. The van der Waals surface area contributed by atoms with Crippen molar-refractivity contribution in [2.45, 2.75) is 33.4 Å². The van der Waals surface area contributed by atoms with E-state index in [2.05, 4.69) is 49.2 Å². The van der Waals surface area contributed by atoms with Crippen molar-refractivity contribution in [1.29, 1.82) is 0 Å². The number of nitrogens with zero attached hydrogens (tertiary/aromatic N) is 1. The van der Waals surface area contributed by atoms with E-state index in [4.69, 9.17) is 16.0 Å². The molecule has 1 aromatic carbocycles. The van der Waals surface area contributed by atoms with Crippen LogP contribution in [0.4, 0.5) is 5.69 Å². The van der Waals surface area contributed by atoms with E-state index in [-0.39, 0.29) is 0 Å². The van der Waals surface area contributed by atoms with Gasteiger partial charge in [0, 0.05) is 12.6 Å². The molecule has 2 rings (SSSR count). The quantitative estimate of drug-likeness (QED) is 0.808. The lowest BCUT2D eigenvalue weighted by Gasteiger charge is -2.24. The van der Waals surface area contributed by atoms with Crippen LogP contribution in [0.25, 0.3) is 0 Å². The van der Waals surface area contributed by atoms with Gasteiger partial charge >= 0.3 is 0 Å². The SMILES string of the molecule is CCNC(C)c1ccc(N(CC)Cc2ccco2)c(Cl)c1. The van der Waals surface area contributed by atoms with Gasteiger partial charge in [-0.15, -0.1) is 0 Å². The summed E-state index contributed by atoms with van der Waals surface area (Å²) in [5.74, 6) is 0.943. The highest BCUT2D eigenvalue weighted by Crippen LogP contribution is 2.30. The summed E-state index contributed by atoms with van der Waals surface area (Å²) < 4.78 is 5.43. The van der Waals surface area contributed by atoms with Gasteiger partial charge in [0.25, 0.3) is 0 Å². The van der Waals surface area contributed by atoms with Crippen molar-refractivity contribution in [3.8, 4) is 0 Å². The normalized spacial score (nSPS) is 12.4. The third-order valence-electron chi connectivity index (χ3n) is 3.63. The first-order valence-electron chi connectivity index (χ1n) is 7.45. The summed E-state index contributed by atoms with van der Waals surface area (Å²) in [5.41, 5.74) is 2.25. The first-order chi connectivity index (χ1) is 10.2. The molecule has 0 fully saturated rings. The van der Waals surface area contributed by atoms with Crippen LogP contribution in [0.1, 0.15) is 38.1 Å². The summed E-state index contributed by atoms with van der Waals surface area (Å²) in [6.45, 7) is 8.92. The van der Waals surface area contributed by atoms with Crippen LogP contribution in [0.5, 0.6) is 0 Å². The predicted molar refractivity (Wildman–Crippen MR) is 89.0 cm³/mol. The minimum Gasteiger partial charge on any atom is -0.467 e. The maximum Gasteiger partial charge on any atom is 0.123 e. The van der Waals surface area contributed by atoms with Gasteiger partial charge in [-0.3, -0.25) is 0 Å². The Hall–Kier alpha value is -1.45. The second-order valence-corrected chi connectivity index (χ2v) is 5.49. The monoisotopic (exact) mass is 306 g/mol. The molecular formula is C17H23ClN2O. The molecule has 21 heavy (non-hydrogen) atoms. The molecule has 0 aliphatic heterocycles. The maximum absolute atomic E-state index is 6.49. The molecule has 0 saturated carbocycles. The Morgan fingerprint density at radius 2 is 2.10 bits per heavy atom. The zero-order valence-electron chi connectivity index (χ0n) is 12.9. The van der Waals surface area contributed by atoms with E-state index in [0.29, 0.717) is 6.04 Å². The molecule has 1 unspecified atom stereocenters. The number of hydrogen-bond donors (Lipinski definition) is 1. The molecule has 0 aliphatic carbocycles. The van der Waals surface area contributed by atoms with Gasteiger partial charge in [0.1, 0.15) is 5.76 Å². The molecule has 0 bridgehead atoms. The Bertz CT molecular complexity index is 554. The van der Waals surface area contributed by atoms with Crippen LogP contribution in [0.15, 0.2) is 41.0 Å². The lowest BCUT2D eigenvalue weighted by atomic mass is 10.1. The summed E-state index contributed by atoms with van der Waals surface area (Å²) in [4.78, 5) is 2.21. The highest BCUT2D eigenvalue weighted by molar-refractivity contribution is 6.33. The Balaban J connectivity index is 2.18. The van der Waals surface area contributed by atoms with Crippen LogP contribution in [-0.2, 0) is 6.54 Å². The molecule has 0 amide bonds. The van der Waals surface area contributed by atoms with Crippen molar-refractivity contribution in [2.75, 3.05) is 18.0 Å². The van der Waals surface area contributed by atoms with Crippen molar-refractivity contribution in [2.24, 2.45) is 0 Å². The van der Waals surface area contributed by atoms with Crippen molar-refractivity contribution < 1.29 is 4.42 Å². The Kier molecular flexibility index (Phi) is 5.71. The van der Waals surface area contributed by atoms with Gasteiger partial charge in [-0.2, -0.15) is 0 Å². The third-order valence-corrected chi connectivity index (χ3v) is 3.93. The van der Waals surface area contributed by atoms with E-state index in [1.54, 1.807) is 6.26 Å². The van der Waals surface area contributed by atoms with Gasteiger partial charge in [0.15, 0.2) is 0 Å². The van der Waals surface area contributed by atoms with Crippen molar-refractivity contribution in [1.82, 2.24) is 5.32 Å². The molecule has 1 aromatic heterocycles. The Labute approximate surface area is 131 Å². The molecule has 4 heteroatoms. The molecular weight excluding hydrogens is 284 g/mol.